The Bertz CT molecular complexity index is 1350. The van der Waals surface area contributed by atoms with Crippen molar-refractivity contribution >= 4 is 17.9 Å². The first-order chi connectivity index (χ1) is 18.6. The molecular weight excluding hydrogens is 492 g/mol. The maximum Gasteiger partial charge on any atom is 0.329 e. The Morgan fingerprint density at radius 2 is 1.03 bits per heavy atom. The number of esters is 3. The molecule has 204 valence electrons. The molecule has 6 nitrogen and oxygen atoms in total. The fraction of sp³-hybridized carbons (Fsp3) is 0.364. The summed E-state index contributed by atoms with van der Waals surface area (Å²) >= 11 is 0. The summed E-state index contributed by atoms with van der Waals surface area (Å²) in [5.74, 6) is -2.19. The van der Waals surface area contributed by atoms with E-state index in [0.717, 1.165) is 33.4 Å². The highest BCUT2D eigenvalue weighted by atomic mass is 16.6. The van der Waals surface area contributed by atoms with Crippen molar-refractivity contribution in [1.29, 1.82) is 0 Å². The van der Waals surface area contributed by atoms with E-state index in [2.05, 4.69) is 0 Å². The van der Waals surface area contributed by atoms with Gasteiger partial charge in [-0.1, -0.05) is 49.2 Å². The lowest BCUT2D eigenvalue weighted by atomic mass is 9.66. The van der Waals surface area contributed by atoms with Gasteiger partial charge in [0.25, 0.3) is 0 Å². The summed E-state index contributed by atoms with van der Waals surface area (Å²) in [7, 11) is 0. The van der Waals surface area contributed by atoms with Crippen LogP contribution in [-0.4, -0.2) is 17.9 Å². The molecule has 1 saturated carbocycles. The van der Waals surface area contributed by atoms with Gasteiger partial charge in [0.2, 0.25) is 0 Å². The van der Waals surface area contributed by atoms with Crippen molar-refractivity contribution in [2.75, 3.05) is 0 Å². The molecule has 1 atom stereocenters. The third-order valence-corrected chi connectivity index (χ3v) is 8.20. The van der Waals surface area contributed by atoms with E-state index >= 15 is 0 Å². The number of benzene rings is 3. The van der Waals surface area contributed by atoms with Crippen molar-refractivity contribution in [2.24, 2.45) is 11.3 Å². The molecule has 39 heavy (non-hydrogen) atoms. The van der Waals surface area contributed by atoms with Gasteiger partial charge in [-0.2, -0.15) is 0 Å². The summed E-state index contributed by atoms with van der Waals surface area (Å²) in [6.07, 6.45) is 1.65. The summed E-state index contributed by atoms with van der Waals surface area (Å²) < 4.78 is 17.7. The van der Waals surface area contributed by atoms with Gasteiger partial charge in [0.1, 0.15) is 17.2 Å². The van der Waals surface area contributed by atoms with E-state index in [0.29, 0.717) is 36.5 Å². The van der Waals surface area contributed by atoms with Gasteiger partial charge in [0.15, 0.2) is 5.41 Å². The molecule has 4 rings (SSSR count). The minimum absolute atomic E-state index is 0.118. The van der Waals surface area contributed by atoms with Crippen LogP contribution in [0.5, 0.6) is 17.2 Å². The molecule has 0 aliphatic heterocycles. The topological polar surface area (TPSA) is 78.9 Å². The monoisotopic (exact) mass is 528 g/mol. The van der Waals surface area contributed by atoms with Crippen molar-refractivity contribution in [3.8, 4) is 17.2 Å². The third-order valence-electron chi connectivity index (χ3n) is 8.20. The lowest BCUT2D eigenvalue weighted by Crippen LogP contribution is -2.54. The van der Waals surface area contributed by atoms with E-state index in [9.17, 15) is 14.4 Å². The molecule has 1 aliphatic carbocycles. The maximum absolute atomic E-state index is 14.1. The highest BCUT2D eigenvalue weighted by molar-refractivity contribution is 6.06. The summed E-state index contributed by atoms with van der Waals surface area (Å²) in [6, 6.07) is 16.3. The van der Waals surface area contributed by atoms with Crippen molar-refractivity contribution in [3.63, 3.8) is 0 Å². The average molecular weight is 529 g/mol. The standard InChI is InChI=1S/C33H36O6/c1-20-12-9-16-27(23(20)4)37-30(34)26-15-7-8-19-33(26,31(35)38-28-17-10-13-21(2)24(28)5)32(36)39-29-18-11-14-22(3)25(29)6/h9-14,16-18,26H,7-8,15,19H2,1-6H3. The van der Waals surface area contributed by atoms with Crippen molar-refractivity contribution < 1.29 is 28.6 Å². The molecule has 0 heterocycles. The van der Waals surface area contributed by atoms with Crippen LogP contribution in [0.2, 0.25) is 0 Å². The summed E-state index contributed by atoms with van der Waals surface area (Å²) in [4.78, 5) is 42.0. The normalized spacial score (nSPS) is 16.3. The Hall–Kier alpha value is -3.93. The number of carbonyl (C=O) groups excluding carboxylic acids is 3. The molecule has 1 unspecified atom stereocenters. The molecule has 0 spiro atoms. The van der Waals surface area contributed by atoms with Crippen LogP contribution in [0, 0.1) is 52.9 Å². The lowest BCUT2D eigenvalue weighted by Gasteiger charge is -2.38. The van der Waals surface area contributed by atoms with E-state index in [1.165, 1.54) is 0 Å². The lowest BCUT2D eigenvalue weighted by molar-refractivity contribution is -0.175. The third kappa shape index (κ3) is 5.47. The Kier molecular flexibility index (Phi) is 8.24. The van der Waals surface area contributed by atoms with Gasteiger partial charge in [-0.3, -0.25) is 14.4 Å². The zero-order valence-corrected chi connectivity index (χ0v) is 23.6. The molecular formula is C33H36O6. The predicted octanol–water partition coefficient (Wildman–Crippen LogP) is 6.83. The minimum atomic E-state index is -1.86. The Labute approximate surface area is 230 Å². The van der Waals surface area contributed by atoms with Crippen LogP contribution in [0.4, 0.5) is 0 Å². The Balaban J connectivity index is 1.77. The second-order valence-electron chi connectivity index (χ2n) is 10.6. The van der Waals surface area contributed by atoms with Gasteiger partial charge in [-0.25, -0.2) is 0 Å². The number of aryl methyl sites for hydroxylation is 3. The molecule has 3 aromatic rings. The van der Waals surface area contributed by atoms with Crippen molar-refractivity contribution in [1.82, 2.24) is 0 Å². The molecule has 0 bridgehead atoms. The van der Waals surface area contributed by atoms with Gasteiger partial charge in [0, 0.05) is 0 Å². The number of rotatable bonds is 6. The number of hydrogen-bond donors (Lipinski definition) is 0. The Morgan fingerprint density at radius 3 is 1.46 bits per heavy atom. The van der Waals surface area contributed by atoms with Gasteiger partial charge in [0.05, 0.1) is 5.92 Å². The molecule has 0 N–H and O–H groups in total. The molecule has 0 aromatic heterocycles. The molecule has 3 aromatic carbocycles. The van der Waals surface area contributed by atoms with Crippen LogP contribution in [0.15, 0.2) is 54.6 Å². The minimum Gasteiger partial charge on any atom is -0.426 e. The van der Waals surface area contributed by atoms with Gasteiger partial charge < -0.3 is 14.2 Å². The van der Waals surface area contributed by atoms with Crippen molar-refractivity contribution in [2.45, 2.75) is 67.2 Å². The highest BCUT2D eigenvalue weighted by Gasteiger charge is 2.59. The molecule has 0 radical (unpaired) electrons. The second-order valence-corrected chi connectivity index (χ2v) is 10.6. The zero-order valence-electron chi connectivity index (χ0n) is 23.6. The highest BCUT2D eigenvalue weighted by Crippen LogP contribution is 2.45. The first-order valence-electron chi connectivity index (χ1n) is 13.4. The second kappa shape index (κ2) is 11.4. The van der Waals surface area contributed by atoms with Crippen LogP contribution < -0.4 is 14.2 Å². The summed E-state index contributed by atoms with van der Waals surface area (Å²) in [5.41, 5.74) is 3.40. The average Bonchev–Trinajstić information content (AvgIpc) is 2.91. The van der Waals surface area contributed by atoms with Crippen LogP contribution in [0.3, 0.4) is 0 Å². The maximum atomic E-state index is 14.1. The fourth-order valence-corrected chi connectivity index (χ4v) is 5.13. The van der Waals surface area contributed by atoms with E-state index in [1.807, 2.05) is 65.8 Å². The summed E-state index contributed by atoms with van der Waals surface area (Å²) in [5, 5.41) is 0. The molecule has 1 fully saturated rings. The SMILES string of the molecule is Cc1cccc(OC(=O)C2CCCCC2(C(=O)Oc2cccc(C)c2C)C(=O)Oc2cccc(C)c2C)c1C. The van der Waals surface area contributed by atoms with E-state index in [4.69, 9.17) is 14.2 Å². The van der Waals surface area contributed by atoms with Gasteiger partial charge in [-0.15, -0.1) is 0 Å². The molecule has 0 amide bonds. The molecule has 0 saturated heterocycles. The quantitative estimate of drug-likeness (QED) is 0.198. The van der Waals surface area contributed by atoms with Crippen LogP contribution in [0.25, 0.3) is 0 Å². The largest absolute Gasteiger partial charge is 0.426 e. The zero-order chi connectivity index (χ0) is 28.3. The summed E-state index contributed by atoms with van der Waals surface area (Å²) in [6.45, 7) is 11.3. The first kappa shape index (κ1) is 28.1. The van der Waals surface area contributed by atoms with E-state index < -0.39 is 29.2 Å². The number of ether oxygens (including phenoxy) is 3. The molecule has 6 heteroatoms. The first-order valence-corrected chi connectivity index (χ1v) is 13.4. The van der Waals surface area contributed by atoms with E-state index in [1.54, 1.807) is 30.3 Å². The smallest absolute Gasteiger partial charge is 0.329 e. The van der Waals surface area contributed by atoms with Crippen LogP contribution in [-0.2, 0) is 14.4 Å². The number of carbonyl (C=O) groups is 3. The number of hydrogen-bond acceptors (Lipinski definition) is 6. The van der Waals surface area contributed by atoms with Gasteiger partial charge in [-0.05, 0) is 106 Å². The van der Waals surface area contributed by atoms with Crippen LogP contribution >= 0.6 is 0 Å². The van der Waals surface area contributed by atoms with E-state index in [-0.39, 0.29) is 6.42 Å². The fourth-order valence-electron chi connectivity index (χ4n) is 5.13. The molecule has 1 aliphatic rings. The Morgan fingerprint density at radius 1 is 0.615 bits per heavy atom. The van der Waals surface area contributed by atoms with Crippen molar-refractivity contribution in [3.05, 3.63) is 88.0 Å². The predicted molar refractivity (Wildman–Crippen MR) is 149 cm³/mol. The van der Waals surface area contributed by atoms with Crippen LogP contribution in [0.1, 0.15) is 59.1 Å². The van der Waals surface area contributed by atoms with Gasteiger partial charge >= 0.3 is 17.9 Å².